The smallest absolute Gasteiger partial charge is 0.0165 e. The molecule has 0 amide bonds. The number of hydrogen-bond donors (Lipinski definition) is 0. The van der Waals surface area contributed by atoms with Gasteiger partial charge in [0.25, 0.3) is 0 Å². The fraction of sp³-hybridized carbons (Fsp3) is 0.0566. The standard InChI is InChI=1S/C53H36/c1-53(2)48-29-15-28-45(51(48)46-31-30-33-16-3-6-19-36(33)52(46)53)50-43-26-13-11-24-41(43)49(42-25-12-14-27-44(42)50)40-23-10-9-22-39(40)47-32-34-17-4-5-18-35(34)37-20-7-8-21-38(37)47/h3-32H,1-2H3. The van der Waals surface area contributed by atoms with Gasteiger partial charge in [-0.1, -0.05) is 190 Å². The first-order valence-corrected chi connectivity index (χ1v) is 18.7. The first-order chi connectivity index (χ1) is 26.1. The molecule has 0 heterocycles. The first-order valence-electron chi connectivity index (χ1n) is 18.7. The van der Waals surface area contributed by atoms with Crippen molar-refractivity contribution in [3.05, 3.63) is 193 Å². The van der Waals surface area contributed by atoms with Gasteiger partial charge >= 0.3 is 0 Å². The van der Waals surface area contributed by atoms with Crippen LogP contribution in [0.4, 0.5) is 0 Å². The van der Waals surface area contributed by atoms with Gasteiger partial charge in [0.1, 0.15) is 0 Å². The summed E-state index contributed by atoms with van der Waals surface area (Å²) in [5, 5.41) is 12.9. The van der Waals surface area contributed by atoms with Crippen LogP contribution in [0.2, 0.25) is 0 Å². The summed E-state index contributed by atoms with van der Waals surface area (Å²) in [4.78, 5) is 0. The molecule has 10 aromatic rings. The number of rotatable bonds is 3. The van der Waals surface area contributed by atoms with Crippen molar-refractivity contribution in [2.75, 3.05) is 0 Å². The molecule has 0 fully saturated rings. The molecule has 10 aromatic carbocycles. The van der Waals surface area contributed by atoms with E-state index in [0.717, 1.165) is 0 Å². The summed E-state index contributed by atoms with van der Waals surface area (Å²) in [5.74, 6) is 0. The van der Waals surface area contributed by atoms with Gasteiger partial charge in [-0.05, 0) is 116 Å². The largest absolute Gasteiger partial charge is 0.0616 e. The molecule has 11 rings (SSSR count). The van der Waals surface area contributed by atoms with Gasteiger partial charge in [0, 0.05) is 5.41 Å². The Kier molecular flexibility index (Phi) is 6.40. The van der Waals surface area contributed by atoms with Crippen molar-refractivity contribution in [2.45, 2.75) is 19.3 Å². The Labute approximate surface area is 309 Å². The third-order valence-corrected chi connectivity index (χ3v) is 12.0. The Balaban J connectivity index is 1.24. The molecule has 0 atom stereocenters. The van der Waals surface area contributed by atoms with Crippen LogP contribution < -0.4 is 0 Å². The minimum absolute atomic E-state index is 0.130. The first kappa shape index (κ1) is 30.2. The van der Waals surface area contributed by atoms with Crippen molar-refractivity contribution in [2.24, 2.45) is 0 Å². The maximum atomic E-state index is 2.40. The van der Waals surface area contributed by atoms with Crippen molar-refractivity contribution >= 4 is 53.9 Å². The monoisotopic (exact) mass is 672 g/mol. The predicted molar refractivity (Wildman–Crippen MR) is 228 cm³/mol. The summed E-state index contributed by atoms with van der Waals surface area (Å²) in [6, 6.07) is 67.8. The Morgan fingerprint density at radius 1 is 0.283 bits per heavy atom. The molecule has 0 saturated heterocycles. The third kappa shape index (κ3) is 4.24. The van der Waals surface area contributed by atoms with Gasteiger partial charge in [0.05, 0.1) is 0 Å². The predicted octanol–water partition coefficient (Wildman–Crippen LogP) is 14.8. The fourth-order valence-electron chi connectivity index (χ4n) is 9.78. The van der Waals surface area contributed by atoms with Crippen molar-refractivity contribution in [1.29, 1.82) is 0 Å². The highest BCUT2D eigenvalue weighted by molar-refractivity contribution is 6.25. The van der Waals surface area contributed by atoms with E-state index in [1.807, 2.05) is 0 Å². The van der Waals surface area contributed by atoms with Crippen LogP contribution in [0.1, 0.15) is 25.0 Å². The van der Waals surface area contributed by atoms with Gasteiger partial charge in [-0.15, -0.1) is 0 Å². The quantitative estimate of drug-likeness (QED) is 0.129. The second-order valence-electron chi connectivity index (χ2n) is 15.1. The molecule has 0 spiro atoms. The SMILES string of the molecule is CC1(C)c2cccc(-c3c4ccccc4c(-c4ccccc4-c4cc5ccccc5c5ccccc45)c4ccccc34)c2-c2ccc3ccccc3c21. The molecule has 0 N–H and O–H groups in total. The zero-order chi connectivity index (χ0) is 35.3. The van der Waals surface area contributed by atoms with E-state index in [9.17, 15) is 0 Å². The molecule has 0 heteroatoms. The number of hydrogen-bond acceptors (Lipinski definition) is 0. The third-order valence-electron chi connectivity index (χ3n) is 12.0. The molecule has 0 nitrogen and oxygen atoms in total. The van der Waals surface area contributed by atoms with Crippen LogP contribution >= 0.6 is 0 Å². The molecule has 248 valence electrons. The van der Waals surface area contributed by atoms with Gasteiger partial charge in [-0.2, -0.15) is 0 Å². The Bertz CT molecular complexity index is 3080. The van der Waals surface area contributed by atoms with E-state index >= 15 is 0 Å². The van der Waals surface area contributed by atoms with Crippen molar-refractivity contribution < 1.29 is 0 Å². The van der Waals surface area contributed by atoms with E-state index in [0.29, 0.717) is 0 Å². The minimum Gasteiger partial charge on any atom is -0.0616 e. The summed E-state index contributed by atoms with van der Waals surface area (Å²) in [5.41, 5.74) is 13.1. The van der Waals surface area contributed by atoms with Crippen molar-refractivity contribution in [3.63, 3.8) is 0 Å². The van der Waals surface area contributed by atoms with Gasteiger partial charge < -0.3 is 0 Å². The summed E-state index contributed by atoms with van der Waals surface area (Å²) in [7, 11) is 0. The molecular formula is C53H36. The molecule has 0 unspecified atom stereocenters. The van der Waals surface area contributed by atoms with E-state index in [2.05, 4.69) is 196 Å². The van der Waals surface area contributed by atoms with Crippen LogP contribution in [0.5, 0.6) is 0 Å². The normalized spacial score (nSPS) is 13.2. The maximum absolute atomic E-state index is 2.40. The summed E-state index contributed by atoms with van der Waals surface area (Å²) < 4.78 is 0. The van der Waals surface area contributed by atoms with Crippen LogP contribution in [0.25, 0.3) is 98.4 Å². The van der Waals surface area contributed by atoms with Crippen LogP contribution in [0.15, 0.2) is 182 Å². The van der Waals surface area contributed by atoms with Gasteiger partial charge in [0.2, 0.25) is 0 Å². The average molecular weight is 673 g/mol. The lowest BCUT2D eigenvalue weighted by molar-refractivity contribution is 0.666. The van der Waals surface area contributed by atoms with Gasteiger partial charge in [-0.25, -0.2) is 0 Å². The lowest BCUT2D eigenvalue weighted by Crippen LogP contribution is -2.15. The van der Waals surface area contributed by atoms with Crippen molar-refractivity contribution in [1.82, 2.24) is 0 Å². The molecule has 1 aliphatic rings. The maximum Gasteiger partial charge on any atom is 0.0165 e. The summed E-state index contributed by atoms with van der Waals surface area (Å²) in [6.07, 6.45) is 0. The van der Waals surface area contributed by atoms with E-state index in [-0.39, 0.29) is 5.41 Å². The van der Waals surface area contributed by atoms with E-state index < -0.39 is 0 Å². The molecule has 0 aromatic heterocycles. The number of benzene rings is 10. The Morgan fingerprint density at radius 2 is 0.774 bits per heavy atom. The topological polar surface area (TPSA) is 0 Å². The molecular weight excluding hydrogens is 637 g/mol. The lowest BCUT2D eigenvalue weighted by atomic mass is 9.79. The second-order valence-corrected chi connectivity index (χ2v) is 15.1. The molecule has 0 radical (unpaired) electrons. The number of fused-ring (bicyclic) bond motifs is 10. The van der Waals surface area contributed by atoms with Gasteiger partial charge in [-0.3, -0.25) is 0 Å². The zero-order valence-corrected chi connectivity index (χ0v) is 29.8. The molecule has 1 aliphatic carbocycles. The molecule has 0 saturated carbocycles. The second kappa shape index (κ2) is 11.2. The highest BCUT2D eigenvalue weighted by Gasteiger charge is 2.38. The van der Waals surface area contributed by atoms with E-state index in [1.165, 1.54) is 109 Å². The van der Waals surface area contributed by atoms with E-state index in [4.69, 9.17) is 0 Å². The molecule has 0 bridgehead atoms. The van der Waals surface area contributed by atoms with Crippen LogP contribution in [-0.4, -0.2) is 0 Å². The highest BCUT2D eigenvalue weighted by Crippen LogP contribution is 2.56. The highest BCUT2D eigenvalue weighted by atomic mass is 14.4. The Hall–Kier alpha value is -6.50. The van der Waals surface area contributed by atoms with Gasteiger partial charge in [0.15, 0.2) is 0 Å². The molecule has 53 heavy (non-hydrogen) atoms. The summed E-state index contributed by atoms with van der Waals surface area (Å²) in [6.45, 7) is 4.81. The van der Waals surface area contributed by atoms with E-state index in [1.54, 1.807) is 0 Å². The Morgan fingerprint density at radius 3 is 1.45 bits per heavy atom. The fourth-order valence-corrected chi connectivity index (χ4v) is 9.78. The zero-order valence-electron chi connectivity index (χ0n) is 29.8. The average Bonchev–Trinajstić information content (AvgIpc) is 3.46. The minimum atomic E-state index is -0.130. The lowest BCUT2D eigenvalue weighted by Gasteiger charge is -2.24. The van der Waals surface area contributed by atoms with Crippen LogP contribution in [-0.2, 0) is 5.41 Å². The van der Waals surface area contributed by atoms with Crippen molar-refractivity contribution in [3.8, 4) is 44.5 Å². The van der Waals surface area contributed by atoms with Crippen LogP contribution in [0.3, 0.4) is 0 Å². The summed E-state index contributed by atoms with van der Waals surface area (Å²) >= 11 is 0. The van der Waals surface area contributed by atoms with Crippen LogP contribution in [0, 0.1) is 0 Å². The molecule has 0 aliphatic heterocycles.